The molecule has 0 amide bonds. The number of halogens is 2. The van der Waals surface area contributed by atoms with Crippen molar-refractivity contribution in [1.82, 2.24) is 10.2 Å². The van der Waals surface area contributed by atoms with Crippen LogP contribution in [0, 0.1) is 34.6 Å². The van der Waals surface area contributed by atoms with E-state index in [0.29, 0.717) is 6.04 Å². The highest BCUT2D eigenvalue weighted by molar-refractivity contribution is 5.85. The van der Waals surface area contributed by atoms with Crippen molar-refractivity contribution in [3.05, 3.63) is 33.4 Å². The lowest BCUT2D eigenvalue weighted by Crippen LogP contribution is -2.45. The molecule has 1 aliphatic rings. The summed E-state index contributed by atoms with van der Waals surface area (Å²) in [5.41, 5.74) is 9.15. The van der Waals surface area contributed by atoms with Gasteiger partial charge in [0.2, 0.25) is 0 Å². The number of hydrogen-bond donors (Lipinski definition) is 1. The zero-order valence-electron chi connectivity index (χ0n) is 16.3. The Morgan fingerprint density at radius 2 is 1.29 bits per heavy atom. The molecule has 2 rings (SSSR count). The molecule has 1 aromatic rings. The van der Waals surface area contributed by atoms with Gasteiger partial charge in [-0.15, -0.1) is 24.8 Å². The summed E-state index contributed by atoms with van der Waals surface area (Å²) in [5.74, 6) is 0. The molecular formula is C20H36Cl2N2. The number of unbranched alkanes of at least 4 members (excludes halogenated alkanes) is 1. The van der Waals surface area contributed by atoms with Gasteiger partial charge in [-0.1, -0.05) is 19.8 Å². The van der Waals surface area contributed by atoms with E-state index in [0.717, 1.165) is 13.1 Å². The number of benzene rings is 1. The van der Waals surface area contributed by atoms with Crippen LogP contribution in [0.15, 0.2) is 0 Å². The van der Waals surface area contributed by atoms with Gasteiger partial charge >= 0.3 is 0 Å². The molecule has 1 aliphatic heterocycles. The molecule has 2 nitrogen and oxygen atoms in total. The van der Waals surface area contributed by atoms with Crippen LogP contribution in [0.3, 0.4) is 0 Å². The van der Waals surface area contributed by atoms with Crippen molar-refractivity contribution >= 4 is 24.8 Å². The molecule has 0 spiro atoms. The second-order valence-electron chi connectivity index (χ2n) is 6.98. The van der Waals surface area contributed by atoms with Crippen LogP contribution in [0.1, 0.15) is 65.6 Å². The van der Waals surface area contributed by atoms with Crippen LogP contribution < -0.4 is 5.32 Å². The highest BCUT2D eigenvalue weighted by atomic mass is 35.5. The third-order valence-electron chi connectivity index (χ3n) is 5.81. The molecule has 1 fully saturated rings. The molecule has 4 heteroatoms. The lowest BCUT2D eigenvalue weighted by atomic mass is 9.84. The quantitative estimate of drug-likeness (QED) is 0.760. The Morgan fingerprint density at radius 3 is 1.75 bits per heavy atom. The Balaban J connectivity index is 0.00000264. The fourth-order valence-corrected chi connectivity index (χ4v) is 3.93. The van der Waals surface area contributed by atoms with Gasteiger partial charge in [0.25, 0.3) is 0 Å². The smallest absolute Gasteiger partial charge is 0.0354 e. The molecule has 0 aromatic heterocycles. The molecule has 1 N–H and O–H groups in total. The van der Waals surface area contributed by atoms with Crippen molar-refractivity contribution in [3.8, 4) is 0 Å². The lowest BCUT2D eigenvalue weighted by Gasteiger charge is -2.38. The van der Waals surface area contributed by atoms with E-state index in [1.54, 1.807) is 5.56 Å². The minimum atomic E-state index is 0. The van der Waals surface area contributed by atoms with E-state index >= 15 is 0 Å². The normalized spacial score (nSPS) is 16.2. The molecule has 0 bridgehead atoms. The van der Waals surface area contributed by atoms with Gasteiger partial charge in [-0.3, -0.25) is 4.90 Å². The second kappa shape index (κ2) is 10.7. The van der Waals surface area contributed by atoms with E-state index in [2.05, 4.69) is 51.8 Å². The number of nitrogens with zero attached hydrogens (tertiary/aromatic N) is 1. The molecule has 1 atom stereocenters. The first-order valence-corrected chi connectivity index (χ1v) is 9.00. The van der Waals surface area contributed by atoms with Gasteiger partial charge in [-0.2, -0.15) is 0 Å². The molecule has 1 saturated heterocycles. The average Bonchev–Trinajstić information content (AvgIpc) is 2.55. The highest BCUT2D eigenvalue weighted by Gasteiger charge is 2.26. The maximum atomic E-state index is 3.50. The van der Waals surface area contributed by atoms with Crippen LogP contribution in [-0.4, -0.2) is 31.1 Å². The van der Waals surface area contributed by atoms with Gasteiger partial charge in [0, 0.05) is 32.2 Å². The molecule has 1 aromatic carbocycles. The first-order valence-electron chi connectivity index (χ1n) is 9.00. The Hall–Kier alpha value is -0.280. The molecular weight excluding hydrogens is 339 g/mol. The summed E-state index contributed by atoms with van der Waals surface area (Å²) in [7, 11) is 0. The third-order valence-corrected chi connectivity index (χ3v) is 5.81. The number of rotatable bonds is 5. The monoisotopic (exact) mass is 374 g/mol. The zero-order valence-corrected chi connectivity index (χ0v) is 17.9. The summed E-state index contributed by atoms with van der Waals surface area (Å²) in [6, 6.07) is 0.597. The van der Waals surface area contributed by atoms with Gasteiger partial charge in [0.1, 0.15) is 0 Å². The minimum Gasteiger partial charge on any atom is -0.314 e. The van der Waals surface area contributed by atoms with E-state index in [1.807, 2.05) is 0 Å². The first kappa shape index (κ1) is 23.7. The van der Waals surface area contributed by atoms with E-state index < -0.39 is 0 Å². The van der Waals surface area contributed by atoms with Crippen LogP contribution in [0.4, 0.5) is 0 Å². The standard InChI is InChI=1S/C20H34N2.2ClH/c1-7-8-9-19(22-12-10-21-11-13-22)20-17(5)15(3)14(2)16(4)18(20)6;;/h19,21H,7-13H2,1-6H3;2*1H/t19-;;/m1../s1. The fourth-order valence-electron chi connectivity index (χ4n) is 3.93. The average molecular weight is 375 g/mol. The predicted molar refractivity (Wildman–Crippen MR) is 111 cm³/mol. The summed E-state index contributed by atoms with van der Waals surface area (Å²) in [5, 5.41) is 3.50. The van der Waals surface area contributed by atoms with Crippen LogP contribution in [0.2, 0.25) is 0 Å². The van der Waals surface area contributed by atoms with Crippen molar-refractivity contribution in [2.45, 2.75) is 66.8 Å². The summed E-state index contributed by atoms with van der Waals surface area (Å²) in [4.78, 5) is 2.72. The molecule has 0 aliphatic carbocycles. The lowest BCUT2D eigenvalue weighted by molar-refractivity contribution is 0.162. The molecule has 24 heavy (non-hydrogen) atoms. The van der Waals surface area contributed by atoms with Crippen LogP contribution in [-0.2, 0) is 0 Å². The van der Waals surface area contributed by atoms with Gasteiger partial charge in [-0.25, -0.2) is 0 Å². The van der Waals surface area contributed by atoms with Crippen molar-refractivity contribution in [2.75, 3.05) is 26.2 Å². The Morgan fingerprint density at radius 1 is 0.833 bits per heavy atom. The summed E-state index contributed by atoms with van der Waals surface area (Å²) < 4.78 is 0. The van der Waals surface area contributed by atoms with Gasteiger partial charge in [-0.05, 0) is 74.4 Å². The third kappa shape index (κ3) is 4.88. The summed E-state index contributed by atoms with van der Waals surface area (Å²) >= 11 is 0. The second-order valence-corrected chi connectivity index (χ2v) is 6.98. The molecule has 1 heterocycles. The SMILES string of the molecule is CCCC[C@H](c1c(C)c(C)c(C)c(C)c1C)N1CCNCC1.Cl.Cl. The molecule has 0 unspecified atom stereocenters. The Labute approximate surface area is 161 Å². The molecule has 0 saturated carbocycles. The number of nitrogens with one attached hydrogen (secondary N) is 1. The first-order chi connectivity index (χ1) is 10.5. The van der Waals surface area contributed by atoms with Crippen molar-refractivity contribution < 1.29 is 0 Å². The van der Waals surface area contributed by atoms with Crippen LogP contribution >= 0.6 is 24.8 Å². The Bertz CT molecular complexity index is 494. The number of piperazine rings is 1. The van der Waals surface area contributed by atoms with Crippen LogP contribution in [0.25, 0.3) is 0 Å². The largest absolute Gasteiger partial charge is 0.314 e. The van der Waals surface area contributed by atoms with Crippen molar-refractivity contribution in [3.63, 3.8) is 0 Å². The molecule has 140 valence electrons. The van der Waals surface area contributed by atoms with Crippen molar-refractivity contribution in [2.24, 2.45) is 0 Å². The van der Waals surface area contributed by atoms with E-state index in [-0.39, 0.29) is 24.8 Å². The zero-order chi connectivity index (χ0) is 16.3. The Kier molecular flexibility index (Phi) is 10.5. The van der Waals surface area contributed by atoms with E-state index in [1.165, 1.54) is 60.2 Å². The van der Waals surface area contributed by atoms with Gasteiger partial charge in [0.05, 0.1) is 0 Å². The maximum Gasteiger partial charge on any atom is 0.0354 e. The van der Waals surface area contributed by atoms with E-state index in [4.69, 9.17) is 0 Å². The fraction of sp³-hybridized carbons (Fsp3) is 0.700. The molecule has 0 radical (unpaired) electrons. The number of hydrogen-bond acceptors (Lipinski definition) is 2. The summed E-state index contributed by atoms with van der Waals surface area (Å²) in [6.45, 7) is 18.5. The highest BCUT2D eigenvalue weighted by Crippen LogP contribution is 2.36. The van der Waals surface area contributed by atoms with E-state index in [9.17, 15) is 0 Å². The van der Waals surface area contributed by atoms with Gasteiger partial charge < -0.3 is 5.32 Å². The van der Waals surface area contributed by atoms with Gasteiger partial charge in [0.15, 0.2) is 0 Å². The minimum absolute atomic E-state index is 0. The van der Waals surface area contributed by atoms with Crippen molar-refractivity contribution in [1.29, 1.82) is 0 Å². The topological polar surface area (TPSA) is 15.3 Å². The maximum absolute atomic E-state index is 3.50. The summed E-state index contributed by atoms with van der Waals surface area (Å²) in [6.07, 6.45) is 3.89. The van der Waals surface area contributed by atoms with Crippen LogP contribution in [0.5, 0.6) is 0 Å². The predicted octanol–water partition coefficient (Wildman–Crippen LogP) is 5.21.